The van der Waals surface area contributed by atoms with Crippen molar-refractivity contribution in [2.75, 3.05) is 6.61 Å². The van der Waals surface area contributed by atoms with Crippen LogP contribution in [0.3, 0.4) is 0 Å². The Hall–Kier alpha value is -2.14. The molecule has 0 amide bonds. The minimum atomic E-state index is -0.128. The lowest BCUT2D eigenvalue weighted by atomic mass is 10.1. The van der Waals surface area contributed by atoms with E-state index in [4.69, 9.17) is 9.47 Å². The summed E-state index contributed by atoms with van der Waals surface area (Å²) in [7, 11) is 0. The summed E-state index contributed by atoms with van der Waals surface area (Å²) >= 11 is 0. The molecule has 98 valence electrons. The molecule has 2 aromatic rings. The molecule has 3 rings (SSSR count). The fraction of sp³-hybridized carbons (Fsp3) is 0.286. The Kier molecular flexibility index (Phi) is 3.29. The zero-order chi connectivity index (χ0) is 13.1. The van der Waals surface area contributed by atoms with Gasteiger partial charge in [0.1, 0.15) is 18.2 Å². The van der Waals surface area contributed by atoms with Crippen molar-refractivity contribution in [1.82, 2.24) is 9.97 Å². The number of aromatic nitrogens is 2. The molecule has 0 radical (unpaired) electrons. The zero-order valence-corrected chi connectivity index (χ0v) is 10.4. The highest BCUT2D eigenvalue weighted by Crippen LogP contribution is 2.12. The molecule has 0 bridgehead atoms. The standard InChI is InChI=1S/C14H14N2O3/c17-14-11-8-18-7-6-12(11)15-13(16-14)9-19-10-4-2-1-3-5-10/h1-5H,6-9H2,(H,15,16,17). The van der Waals surface area contributed by atoms with Crippen LogP contribution in [-0.4, -0.2) is 16.6 Å². The quantitative estimate of drug-likeness (QED) is 0.904. The van der Waals surface area contributed by atoms with E-state index in [-0.39, 0.29) is 12.2 Å². The maximum atomic E-state index is 11.9. The molecule has 0 fully saturated rings. The molecule has 1 N–H and O–H groups in total. The van der Waals surface area contributed by atoms with E-state index < -0.39 is 0 Å². The van der Waals surface area contributed by atoms with Crippen molar-refractivity contribution in [2.45, 2.75) is 19.6 Å². The SMILES string of the molecule is O=c1[nH]c(COc2ccccc2)nc2c1COCC2. The Morgan fingerprint density at radius 2 is 2.16 bits per heavy atom. The summed E-state index contributed by atoms with van der Waals surface area (Å²) in [6.45, 7) is 1.22. The number of H-pyrrole nitrogens is 1. The minimum Gasteiger partial charge on any atom is -0.486 e. The van der Waals surface area contributed by atoms with Crippen molar-refractivity contribution in [3.05, 3.63) is 57.8 Å². The van der Waals surface area contributed by atoms with Gasteiger partial charge in [-0.3, -0.25) is 4.79 Å². The second kappa shape index (κ2) is 5.24. The summed E-state index contributed by atoms with van der Waals surface area (Å²) in [6.07, 6.45) is 0.678. The summed E-state index contributed by atoms with van der Waals surface area (Å²) in [4.78, 5) is 19.0. The largest absolute Gasteiger partial charge is 0.486 e. The van der Waals surface area contributed by atoms with Crippen LogP contribution in [0.2, 0.25) is 0 Å². The van der Waals surface area contributed by atoms with Crippen LogP contribution in [0.4, 0.5) is 0 Å². The number of hydrogen-bond donors (Lipinski definition) is 1. The van der Waals surface area contributed by atoms with Crippen LogP contribution < -0.4 is 10.3 Å². The number of para-hydroxylation sites is 1. The van der Waals surface area contributed by atoms with Gasteiger partial charge < -0.3 is 14.5 Å². The molecule has 1 aliphatic rings. The number of rotatable bonds is 3. The molecule has 0 aliphatic carbocycles. The van der Waals surface area contributed by atoms with E-state index >= 15 is 0 Å². The van der Waals surface area contributed by atoms with Gasteiger partial charge in [0, 0.05) is 6.42 Å². The third-order valence-electron chi connectivity index (χ3n) is 3.00. The molecule has 0 saturated carbocycles. The van der Waals surface area contributed by atoms with Crippen LogP contribution in [0, 0.1) is 0 Å². The van der Waals surface area contributed by atoms with Gasteiger partial charge in [0.2, 0.25) is 0 Å². The van der Waals surface area contributed by atoms with Crippen molar-refractivity contribution < 1.29 is 9.47 Å². The molecule has 19 heavy (non-hydrogen) atoms. The molecule has 1 aromatic carbocycles. The van der Waals surface area contributed by atoms with Gasteiger partial charge in [-0.1, -0.05) is 18.2 Å². The molecule has 0 saturated heterocycles. The smallest absolute Gasteiger partial charge is 0.256 e. The molecular formula is C14H14N2O3. The van der Waals surface area contributed by atoms with Crippen molar-refractivity contribution in [3.63, 3.8) is 0 Å². The van der Waals surface area contributed by atoms with E-state index in [1.54, 1.807) is 0 Å². The molecule has 5 nitrogen and oxygen atoms in total. The third kappa shape index (κ3) is 2.66. The van der Waals surface area contributed by atoms with E-state index in [0.29, 0.717) is 31.0 Å². The molecule has 0 unspecified atom stereocenters. The number of aromatic amines is 1. The predicted octanol–water partition coefficient (Wildman–Crippen LogP) is 1.42. The fourth-order valence-corrected chi connectivity index (χ4v) is 2.03. The third-order valence-corrected chi connectivity index (χ3v) is 3.00. The maximum absolute atomic E-state index is 11.9. The van der Waals surface area contributed by atoms with E-state index in [9.17, 15) is 4.79 Å². The Morgan fingerprint density at radius 3 is 3.00 bits per heavy atom. The Balaban J connectivity index is 1.78. The van der Waals surface area contributed by atoms with Crippen LogP contribution >= 0.6 is 0 Å². The zero-order valence-electron chi connectivity index (χ0n) is 10.4. The Labute approximate surface area is 110 Å². The monoisotopic (exact) mass is 258 g/mol. The average molecular weight is 258 g/mol. The minimum absolute atomic E-state index is 0.128. The lowest BCUT2D eigenvalue weighted by Crippen LogP contribution is -2.25. The number of hydrogen-bond acceptors (Lipinski definition) is 4. The second-order valence-corrected chi connectivity index (χ2v) is 4.34. The van der Waals surface area contributed by atoms with E-state index in [1.807, 2.05) is 30.3 Å². The summed E-state index contributed by atoms with van der Waals surface area (Å²) < 4.78 is 10.8. The molecule has 2 heterocycles. The number of nitrogens with one attached hydrogen (secondary N) is 1. The molecule has 5 heteroatoms. The molecule has 1 aliphatic heterocycles. The summed E-state index contributed by atoms with van der Waals surface area (Å²) in [5.41, 5.74) is 1.33. The van der Waals surface area contributed by atoms with E-state index in [2.05, 4.69) is 9.97 Å². The highest BCUT2D eigenvalue weighted by molar-refractivity contribution is 5.22. The predicted molar refractivity (Wildman–Crippen MR) is 69.0 cm³/mol. The van der Waals surface area contributed by atoms with Gasteiger partial charge in [0.15, 0.2) is 0 Å². The number of benzene rings is 1. The number of ether oxygens (including phenoxy) is 2. The number of fused-ring (bicyclic) bond motifs is 1. The van der Waals surface area contributed by atoms with Crippen LogP contribution in [-0.2, 0) is 24.4 Å². The molecule has 0 atom stereocenters. The van der Waals surface area contributed by atoms with Gasteiger partial charge in [-0.25, -0.2) is 4.98 Å². The summed E-state index contributed by atoms with van der Waals surface area (Å²) in [5.74, 6) is 1.31. The van der Waals surface area contributed by atoms with Crippen molar-refractivity contribution in [1.29, 1.82) is 0 Å². The van der Waals surface area contributed by atoms with Gasteiger partial charge in [0.25, 0.3) is 5.56 Å². The average Bonchev–Trinajstić information content (AvgIpc) is 2.46. The van der Waals surface area contributed by atoms with Gasteiger partial charge in [0.05, 0.1) is 24.5 Å². The van der Waals surface area contributed by atoms with Crippen LogP contribution in [0.25, 0.3) is 0 Å². The van der Waals surface area contributed by atoms with Gasteiger partial charge in [-0.2, -0.15) is 0 Å². The highest BCUT2D eigenvalue weighted by Gasteiger charge is 2.15. The van der Waals surface area contributed by atoms with Crippen molar-refractivity contribution >= 4 is 0 Å². The number of nitrogens with zero attached hydrogens (tertiary/aromatic N) is 1. The molecule has 0 spiro atoms. The first kappa shape index (κ1) is 11.9. The van der Waals surface area contributed by atoms with Crippen LogP contribution in [0.5, 0.6) is 5.75 Å². The van der Waals surface area contributed by atoms with E-state index in [1.165, 1.54) is 0 Å². The van der Waals surface area contributed by atoms with Crippen molar-refractivity contribution in [3.8, 4) is 5.75 Å². The lowest BCUT2D eigenvalue weighted by Gasteiger charge is -2.15. The normalized spacial score (nSPS) is 13.9. The van der Waals surface area contributed by atoms with Gasteiger partial charge >= 0.3 is 0 Å². The van der Waals surface area contributed by atoms with E-state index in [0.717, 1.165) is 11.4 Å². The maximum Gasteiger partial charge on any atom is 0.256 e. The highest BCUT2D eigenvalue weighted by atomic mass is 16.5. The van der Waals surface area contributed by atoms with Crippen molar-refractivity contribution in [2.24, 2.45) is 0 Å². The summed E-state index contributed by atoms with van der Waals surface area (Å²) in [5, 5.41) is 0. The van der Waals surface area contributed by atoms with Gasteiger partial charge in [-0.05, 0) is 12.1 Å². The molecular weight excluding hydrogens is 244 g/mol. The molecule has 1 aromatic heterocycles. The topological polar surface area (TPSA) is 64.2 Å². The first-order chi connectivity index (χ1) is 9.33. The van der Waals surface area contributed by atoms with Crippen LogP contribution in [0.15, 0.2) is 35.1 Å². The first-order valence-corrected chi connectivity index (χ1v) is 6.19. The fourth-order valence-electron chi connectivity index (χ4n) is 2.03. The Morgan fingerprint density at radius 1 is 1.32 bits per heavy atom. The lowest BCUT2D eigenvalue weighted by molar-refractivity contribution is 0.107. The van der Waals surface area contributed by atoms with Gasteiger partial charge in [-0.15, -0.1) is 0 Å². The second-order valence-electron chi connectivity index (χ2n) is 4.34. The Bertz CT molecular complexity index is 622. The van der Waals surface area contributed by atoms with Crippen LogP contribution in [0.1, 0.15) is 17.1 Å². The first-order valence-electron chi connectivity index (χ1n) is 6.19. The summed E-state index contributed by atoms with van der Waals surface area (Å²) in [6, 6.07) is 9.45.